The molecule has 2 N–H and O–H groups in total. The van der Waals surface area contributed by atoms with Crippen LogP contribution in [0, 0.1) is 6.92 Å². The van der Waals surface area contributed by atoms with Gasteiger partial charge in [-0.05, 0) is 49.4 Å². The van der Waals surface area contributed by atoms with Gasteiger partial charge in [-0.25, -0.2) is 0 Å². The lowest BCUT2D eigenvalue weighted by Gasteiger charge is -2.10. The van der Waals surface area contributed by atoms with E-state index in [1.165, 1.54) is 0 Å². The second-order valence-corrected chi connectivity index (χ2v) is 7.23. The van der Waals surface area contributed by atoms with Crippen LogP contribution in [-0.2, 0) is 11.2 Å². The van der Waals surface area contributed by atoms with Gasteiger partial charge < -0.3 is 15.2 Å². The number of thiophene rings is 1. The summed E-state index contributed by atoms with van der Waals surface area (Å²) in [4.78, 5) is 29.5. The second-order valence-electron chi connectivity index (χ2n) is 6.28. The van der Waals surface area contributed by atoms with Gasteiger partial charge in [-0.3, -0.25) is 9.59 Å². The molecule has 1 aromatic carbocycles. The van der Waals surface area contributed by atoms with Crippen molar-refractivity contribution in [3.63, 3.8) is 0 Å². The number of amides is 2. The Morgan fingerprint density at radius 2 is 2.11 bits per heavy atom. The Kier molecular flexibility index (Phi) is 6.54. The van der Waals surface area contributed by atoms with Crippen molar-refractivity contribution in [2.24, 2.45) is 0 Å². The maximum absolute atomic E-state index is 12.3. The standard InChI is InChI=1S/C20H22N4O3S/c1-3-21-20(26)14-10-9-13(2)15(12-14)22-17(25)7-4-8-18-23-19(24-27-18)16-6-5-11-28-16/h5-6,9-12H,3-4,7-8H2,1-2H3,(H,21,26)(H,22,25). The predicted octanol–water partition coefficient (Wildman–Crippen LogP) is 3.82. The molecule has 0 spiro atoms. The van der Waals surface area contributed by atoms with Crippen molar-refractivity contribution < 1.29 is 14.1 Å². The van der Waals surface area contributed by atoms with E-state index in [1.807, 2.05) is 37.4 Å². The Balaban J connectivity index is 1.52. The molecule has 0 unspecified atom stereocenters. The Hall–Kier alpha value is -3.00. The summed E-state index contributed by atoms with van der Waals surface area (Å²) in [7, 11) is 0. The zero-order valence-electron chi connectivity index (χ0n) is 15.8. The zero-order chi connectivity index (χ0) is 19.9. The molecule has 3 aromatic rings. The summed E-state index contributed by atoms with van der Waals surface area (Å²) in [6.07, 6.45) is 1.44. The quantitative estimate of drug-likeness (QED) is 0.601. The van der Waals surface area contributed by atoms with Crippen molar-refractivity contribution in [2.45, 2.75) is 33.1 Å². The molecule has 0 fully saturated rings. The monoisotopic (exact) mass is 398 g/mol. The number of carbonyl (C=O) groups excluding carboxylic acids is 2. The van der Waals surface area contributed by atoms with E-state index in [4.69, 9.17) is 4.52 Å². The lowest BCUT2D eigenvalue weighted by atomic mass is 10.1. The number of hydrogen-bond acceptors (Lipinski definition) is 6. The first-order chi connectivity index (χ1) is 13.6. The SMILES string of the molecule is CCNC(=O)c1ccc(C)c(NC(=O)CCCc2nc(-c3cccs3)no2)c1. The number of hydrogen-bond donors (Lipinski definition) is 2. The fraction of sp³-hybridized carbons (Fsp3) is 0.300. The summed E-state index contributed by atoms with van der Waals surface area (Å²) in [5.74, 6) is 0.822. The fourth-order valence-corrected chi connectivity index (χ4v) is 3.28. The number of aryl methyl sites for hydroxylation is 2. The third-order valence-corrected chi connectivity index (χ3v) is 4.98. The minimum Gasteiger partial charge on any atom is -0.352 e. The topological polar surface area (TPSA) is 97.1 Å². The largest absolute Gasteiger partial charge is 0.352 e. The number of nitrogens with zero attached hydrogens (tertiary/aromatic N) is 2. The molecule has 0 aliphatic heterocycles. The lowest BCUT2D eigenvalue weighted by Crippen LogP contribution is -2.23. The van der Waals surface area contributed by atoms with Crippen LogP contribution in [0.15, 0.2) is 40.2 Å². The highest BCUT2D eigenvalue weighted by molar-refractivity contribution is 7.13. The van der Waals surface area contributed by atoms with Gasteiger partial charge in [0, 0.05) is 30.6 Å². The van der Waals surface area contributed by atoms with Gasteiger partial charge in [-0.15, -0.1) is 11.3 Å². The maximum Gasteiger partial charge on any atom is 0.251 e. The molecule has 2 heterocycles. The Morgan fingerprint density at radius 3 is 2.86 bits per heavy atom. The lowest BCUT2D eigenvalue weighted by molar-refractivity contribution is -0.116. The second kappa shape index (κ2) is 9.27. The van der Waals surface area contributed by atoms with E-state index in [9.17, 15) is 9.59 Å². The molecule has 0 saturated heterocycles. The molecule has 0 radical (unpaired) electrons. The van der Waals surface area contributed by atoms with Crippen molar-refractivity contribution in [2.75, 3.05) is 11.9 Å². The summed E-state index contributed by atoms with van der Waals surface area (Å²) in [6, 6.07) is 9.14. The van der Waals surface area contributed by atoms with Crippen LogP contribution < -0.4 is 10.6 Å². The molecule has 8 heteroatoms. The van der Waals surface area contributed by atoms with Gasteiger partial charge in [0.05, 0.1) is 4.88 Å². The summed E-state index contributed by atoms with van der Waals surface area (Å²) in [5, 5.41) is 11.5. The summed E-state index contributed by atoms with van der Waals surface area (Å²) in [5.41, 5.74) is 2.07. The van der Waals surface area contributed by atoms with E-state index >= 15 is 0 Å². The highest BCUT2D eigenvalue weighted by atomic mass is 32.1. The Morgan fingerprint density at radius 1 is 1.25 bits per heavy atom. The first-order valence-electron chi connectivity index (χ1n) is 9.12. The Bertz CT molecular complexity index is 950. The molecule has 0 atom stereocenters. The molecule has 146 valence electrons. The average molecular weight is 398 g/mol. The molecule has 2 aromatic heterocycles. The fourth-order valence-electron chi connectivity index (χ4n) is 2.64. The van der Waals surface area contributed by atoms with Crippen LogP contribution in [-0.4, -0.2) is 28.5 Å². The first-order valence-corrected chi connectivity index (χ1v) is 10.00. The number of anilines is 1. The van der Waals surface area contributed by atoms with Crippen molar-refractivity contribution in [3.05, 3.63) is 52.7 Å². The third kappa shape index (κ3) is 5.04. The molecule has 3 rings (SSSR count). The van der Waals surface area contributed by atoms with Crippen molar-refractivity contribution in [3.8, 4) is 10.7 Å². The predicted molar refractivity (Wildman–Crippen MR) is 108 cm³/mol. The van der Waals surface area contributed by atoms with Gasteiger partial charge in [0.2, 0.25) is 17.6 Å². The number of aromatic nitrogens is 2. The zero-order valence-corrected chi connectivity index (χ0v) is 16.6. The molecule has 2 amide bonds. The van der Waals surface area contributed by atoms with Crippen LogP contribution in [0.1, 0.15) is 41.6 Å². The van der Waals surface area contributed by atoms with Crippen LogP contribution in [0.4, 0.5) is 5.69 Å². The number of rotatable bonds is 8. The van der Waals surface area contributed by atoms with Gasteiger partial charge >= 0.3 is 0 Å². The molecule has 0 saturated carbocycles. The Labute approximate surface area is 167 Å². The van der Waals surface area contributed by atoms with Crippen LogP contribution in [0.25, 0.3) is 10.7 Å². The molecule has 0 aliphatic rings. The highest BCUT2D eigenvalue weighted by Crippen LogP contribution is 2.22. The normalized spacial score (nSPS) is 10.6. The summed E-state index contributed by atoms with van der Waals surface area (Å²) in [6.45, 7) is 4.31. The van der Waals surface area contributed by atoms with Crippen molar-refractivity contribution in [1.29, 1.82) is 0 Å². The molecular weight excluding hydrogens is 376 g/mol. The number of benzene rings is 1. The van der Waals surface area contributed by atoms with Crippen LogP contribution >= 0.6 is 11.3 Å². The van der Waals surface area contributed by atoms with Gasteiger partial charge in [-0.1, -0.05) is 17.3 Å². The molecule has 7 nitrogen and oxygen atoms in total. The van der Waals surface area contributed by atoms with Gasteiger partial charge in [0.25, 0.3) is 5.91 Å². The van der Waals surface area contributed by atoms with E-state index in [0.29, 0.717) is 48.8 Å². The molecule has 0 bridgehead atoms. The van der Waals surface area contributed by atoms with Gasteiger partial charge in [0.15, 0.2) is 0 Å². The minimum atomic E-state index is -0.157. The summed E-state index contributed by atoms with van der Waals surface area (Å²) >= 11 is 1.55. The molecule has 28 heavy (non-hydrogen) atoms. The minimum absolute atomic E-state index is 0.117. The summed E-state index contributed by atoms with van der Waals surface area (Å²) < 4.78 is 5.24. The van der Waals surface area contributed by atoms with E-state index in [1.54, 1.807) is 23.5 Å². The first kappa shape index (κ1) is 19.8. The van der Waals surface area contributed by atoms with Crippen LogP contribution in [0.5, 0.6) is 0 Å². The van der Waals surface area contributed by atoms with Gasteiger partial charge in [-0.2, -0.15) is 4.98 Å². The van der Waals surface area contributed by atoms with E-state index in [0.717, 1.165) is 10.4 Å². The third-order valence-electron chi connectivity index (χ3n) is 4.12. The smallest absolute Gasteiger partial charge is 0.251 e. The molecular formula is C20H22N4O3S. The number of nitrogens with one attached hydrogen (secondary N) is 2. The van der Waals surface area contributed by atoms with Gasteiger partial charge in [0.1, 0.15) is 0 Å². The maximum atomic E-state index is 12.3. The average Bonchev–Trinajstić information content (AvgIpc) is 3.35. The molecule has 0 aliphatic carbocycles. The van der Waals surface area contributed by atoms with Crippen LogP contribution in [0.3, 0.4) is 0 Å². The van der Waals surface area contributed by atoms with Crippen molar-refractivity contribution >= 4 is 28.8 Å². The van der Waals surface area contributed by atoms with E-state index in [-0.39, 0.29) is 11.8 Å². The number of carbonyl (C=O) groups is 2. The van der Waals surface area contributed by atoms with Crippen molar-refractivity contribution in [1.82, 2.24) is 15.5 Å². The van der Waals surface area contributed by atoms with E-state index in [2.05, 4.69) is 20.8 Å². The van der Waals surface area contributed by atoms with E-state index < -0.39 is 0 Å². The highest BCUT2D eigenvalue weighted by Gasteiger charge is 2.12. The van der Waals surface area contributed by atoms with Crippen LogP contribution in [0.2, 0.25) is 0 Å².